The molecule has 1 N–H and O–H groups in total. The first-order chi connectivity index (χ1) is 11.2. The van der Waals surface area contributed by atoms with Gasteiger partial charge in [0.1, 0.15) is 11.6 Å². The molecule has 4 rings (SSSR count). The molecule has 0 bridgehead atoms. The molecule has 23 heavy (non-hydrogen) atoms. The van der Waals surface area contributed by atoms with Crippen molar-refractivity contribution in [2.24, 2.45) is 0 Å². The van der Waals surface area contributed by atoms with Gasteiger partial charge in [0, 0.05) is 31.7 Å². The van der Waals surface area contributed by atoms with Gasteiger partial charge in [0.15, 0.2) is 5.82 Å². The number of fused-ring (bicyclic) bond motifs is 1. The van der Waals surface area contributed by atoms with Gasteiger partial charge in [-0.3, -0.25) is 4.79 Å². The molecule has 7 heteroatoms. The van der Waals surface area contributed by atoms with Crippen LogP contribution in [0.25, 0.3) is 0 Å². The molecule has 7 nitrogen and oxygen atoms in total. The molecular weight excluding hydrogens is 292 g/mol. The van der Waals surface area contributed by atoms with Crippen LogP contribution in [0.1, 0.15) is 41.8 Å². The van der Waals surface area contributed by atoms with Crippen LogP contribution in [0.15, 0.2) is 18.3 Å². The summed E-state index contributed by atoms with van der Waals surface area (Å²) in [6, 6.07) is 4.29. The third kappa shape index (κ3) is 2.78. The molecule has 1 aliphatic heterocycles. The van der Waals surface area contributed by atoms with Crippen LogP contribution in [0.4, 0.5) is 5.82 Å². The second-order valence-corrected chi connectivity index (χ2v) is 6.12. The highest BCUT2D eigenvalue weighted by Crippen LogP contribution is 2.23. The van der Waals surface area contributed by atoms with Crippen LogP contribution in [0.5, 0.6) is 0 Å². The standard InChI is InChI=1S/C16H20N6O/c1-2-14-19-20-15-10-21(7-8-22(14)15)16(23)11-3-6-13(17-9-11)18-12-4-5-12/h3,6,9,12H,2,4-5,7-8,10H2,1H3,(H,17,18). The van der Waals surface area contributed by atoms with E-state index in [1.807, 2.05) is 17.0 Å². The quantitative estimate of drug-likeness (QED) is 0.925. The van der Waals surface area contributed by atoms with Crippen molar-refractivity contribution in [3.63, 3.8) is 0 Å². The number of hydrogen-bond donors (Lipinski definition) is 1. The molecule has 1 aliphatic carbocycles. The van der Waals surface area contributed by atoms with Crippen LogP contribution in [-0.2, 0) is 19.5 Å². The number of aromatic nitrogens is 4. The van der Waals surface area contributed by atoms with E-state index < -0.39 is 0 Å². The van der Waals surface area contributed by atoms with Crippen molar-refractivity contribution in [1.82, 2.24) is 24.6 Å². The van der Waals surface area contributed by atoms with Gasteiger partial charge < -0.3 is 14.8 Å². The zero-order chi connectivity index (χ0) is 15.8. The lowest BCUT2D eigenvalue weighted by Gasteiger charge is -2.27. The van der Waals surface area contributed by atoms with Crippen molar-refractivity contribution in [3.8, 4) is 0 Å². The Labute approximate surface area is 134 Å². The van der Waals surface area contributed by atoms with Crippen LogP contribution in [0.3, 0.4) is 0 Å². The molecule has 0 aromatic carbocycles. The van der Waals surface area contributed by atoms with Gasteiger partial charge in [0.05, 0.1) is 12.1 Å². The lowest BCUT2D eigenvalue weighted by molar-refractivity contribution is 0.0706. The van der Waals surface area contributed by atoms with Gasteiger partial charge in [-0.25, -0.2) is 4.98 Å². The molecule has 1 saturated carbocycles. The van der Waals surface area contributed by atoms with Crippen molar-refractivity contribution in [1.29, 1.82) is 0 Å². The molecule has 1 amide bonds. The predicted octanol–water partition coefficient (Wildman–Crippen LogP) is 1.47. The molecule has 120 valence electrons. The summed E-state index contributed by atoms with van der Waals surface area (Å²) in [5.74, 6) is 2.70. The number of nitrogens with one attached hydrogen (secondary N) is 1. The summed E-state index contributed by atoms with van der Waals surface area (Å²) in [4.78, 5) is 18.8. The smallest absolute Gasteiger partial charge is 0.255 e. The maximum absolute atomic E-state index is 12.6. The summed E-state index contributed by atoms with van der Waals surface area (Å²) >= 11 is 0. The first-order valence-corrected chi connectivity index (χ1v) is 8.17. The number of anilines is 1. The van der Waals surface area contributed by atoms with Crippen LogP contribution < -0.4 is 5.32 Å². The van der Waals surface area contributed by atoms with E-state index in [0.29, 0.717) is 24.7 Å². The molecule has 1 fully saturated rings. The van der Waals surface area contributed by atoms with Crippen molar-refractivity contribution in [2.75, 3.05) is 11.9 Å². The molecule has 2 aromatic heterocycles. The Morgan fingerprint density at radius 1 is 1.30 bits per heavy atom. The number of rotatable bonds is 4. The molecule has 0 radical (unpaired) electrons. The molecule has 0 unspecified atom stereocenters. The largest absolute Gasteiger partial charge is 0.367 e. The Balaban J connectivity index is 1.46. The first kappa shape index (κ1) is 14.2. The highest BCUT2D eigenvalue weighted by molar-refractivity contribution is 5.94. The molecule has 2 aliphatic rings. The Bertz CT molecular complexity index is 719. The lowest BCUT2D eigenvalue weighted by Crippen LogP contribution is -2.38. The number of carbonyl (C=O) groups is 1. The number of carbonyl (C=O) groups excluding carboxylic acids is 1. The van der Waals surface area contributed by atoms with E-state index in [9.17, 15) is 4.79 Å². The number of nitrogens with zero attached hydrogens (tertiary/aromatic N) is 5. The minimum Gasteiger partial charge on any atom is -0.367 e. The number of hydrogen-bond acceptors (Lipinski definition) is 5. The van der Waals surface area contributed by atoms with E-state index in [-0.39, 0.29) is 5.91 Å². The zero-order valence-corrected chi connectivity index (χ0v) is 13.2. The second-order valence-electron chi connectivity index (χ2n) is 6.12. The summed E-state index contributed by atoms with van der Waals surface area (Å²) in [5, 5.41) is 11.7. The Morgan fingerprint density at radius 3 is 2.87 bits per heavy atom. The van der Waals surface area contributed by atoms with E-state index in [4.69, 9.17) is 0 Å². The Morgan fingerprint density at radius 2 is 2.17 bits per heavy atom. The molecule has 2 aromatic rings. The molecule has 3 heterocycles. The summed E-state index contributed by atoms with van der Waals surface area (Å²) in [5.41, 5.74) is 0.620. The van der Waals surface area contributed by atoms with Gasteiger partial charge in [-0.2, -0.15) is 0 Å². The Kier molecular flexibility index (Phi) is 3.48. The van der Waals surface area contributed by atoms with Crippen molar-refractivity contribution in [2.45, 2.75) is 45.3 Å². The van der Waals surface area contributed by atoms with Gasteiger partial charge in [0.25, 0.3) is 5.91 Å². The lowest BCUT2D eigenvalue weighted by atomic mass is 10.2. The van der Waals surface area contributed by atoms with E-state index in [1.165, 1.54) is 12.8 Å². The van der Waals surface area contributed by atoms with Crippen molar-refractivity contribution in [3.05, 3.63) is 35.5 Å². The maximum Gasteiger partial charge on any atom is 0.255 e. The van der Waals surface area contributed by atoms with Gasteiger partial charge in [0.2, 0.25) is 0 Å². The fourth-order valence-electron chi connectivity index (χ4n) is 2.88. The zero-order valence-electron chi connectivity index (χ0n) is 13.2. The number of amides is 1. The van der Waals surface area contributed by atoms with E-state index in [1.54, 1.807) is 6.20 Å². The number of pyridine rings is 1. The van der Waals surface area contributed by atoms with Crippen LogP contribution in [-0.4, -0.2) is 43.1 Å². The second kappa shape index (κ2) is 5.64. The number of aryl methyl sites for hydroxylation is 1. The first-order valence-electron chi connectivity index (χ1n) is 8.17. The highest BCUT2D eigenvalue weighted by Gasteiger charge is 2.25. The van der Waals surface area contributed by atoms with Gasteiger partial charge in [-0.05, 0) is 25.0 Å². The topological polar surface area (TPSA) is 75.9 Å². The third-order valence-corrected chi connectivity index (χ3v) is 4.37. The highest BCUT2D eigenvalue weighted by atomic mass is 16.2. The van der Waals surface area contributed by atoms with Crippen LogP contribution in [0.2, 0.25) is 0 Å². The van der Waals surface area contributed by atoms with Crippen molar-refractivity contribution < 1.29 is 4.79 Å². The Hall–Kier alpha value is -2.44. The fourth-order valence-corrected chi connectivity index (χ4v) is 2.88. The summed E-state index contributed by atoms with van der Waals surface area (Å²) < 4.78 is 2.12. The van der Waals surface area contributed by atoms with Gasteiger partial charge in [-0.1, -0.05) is 6.92 Å². The van der Waals surface area contributed by atoms with Crippen molar-refractivity contribution >= 4 is 11.7 Å². The van der Waals surface area contributed by atoms with E-state index >= 15 is 0 Å². The molecule has 0 saturated heterocycles. The summed E-state index contributed by atoms with van der Waals surface area (Å²) in [6.45, 7) is 4.01. The normalized spacial score (nSPS) is 17.0. The predicted molar refractivity (Wildman–Crippen MR) is 85.0 cm³/mol. The fraction of sp³-hybridized carbons (Fsp3) is 0.500. The van der Waals surface area contributed by atoms with E-state index in [2.05, 4.69) is 32.0 Å². The maximum atomic E-state index is 12.6. The van der Waals surface area contributed by atoms with Crippen LogP contribution in [0, 0.1) is 0 Å². The summed E-state index contributed by atoms with van der Waals surface area (Å²) in [7, 11) is 0. The van der Waals surface area contributed by atoms with Gasteiger partial charge >= 0.3 is 0 Å². The average Bonchev–Trinajstić information content (AvgIpc) is 3.31. The monoisotopic (exact) mass is 312 g/mol. The summed E-state index contributed by atoms with van der Waals surface area (Å²) in [6.07, 6.45) is 4.93. The molecule has 0 atom stereocenters. The third-order valence-electron chi connectivity index (χ3n) is 4.37. The SMILES string of the molecule is CCc1nnc2n1CCN(C(=O)c1ccc(NC3CC3)nc1)C2. The minimum atomic E-state index is 0.00257. The molecule has 0 spiro atoms. The molecular formula is C16H20N6O. The minimum absolute atomic E-state index is 0.00257. The van der Waals surface area contributed by atoms with Crippen LogP contribution >= 0.6 is 0 Å². The van der Waals surface area contributed by atoms with Gasteiger partial charge in [-0.15, -0.1) is 10.2 Å². The average molecular weight is 312 g/mol. The van der Waals surface area contributed by atoms with E-state index in [0.717, 1.165) is 30.4 Å².